The molecule has 39 heavy (non-hydrogen) atoms. The number of nitrogens with zero attached hydrogens (tertiary/aromatic N) is 6. The van der Waals surface area contributed by atoms with Crippen LogP contribution in [0.2, 0.25) is 0 Å². The first-order valence-corrected chi connectivity index (χ1v) is 14.2. The highest BCUT2D eigenvalue weighted by atomic mass is 16.2. The van der Waals surface area contributed by atoms with E-state index in [0.717, 1.165) is 60.0 Å². The van der Waals surface area contributed by atoms with Crippen molar-refractivity contribution in [2.45, 2.75) is 58.4 Å². The van der Waals surface area contributed by atoms with Gasteiger partial charge in [-0.3, -0.25) is 0 Å². The second-order valence-corrected chi connectivity index (χ2v) is 10.9. The molecule has 1 aliphatic heterocycles. The molecule has 1 aliphatic carbocycles. The number of aromatic nitrogens is 4. The van der Waals surface area contributed by atoms with Crippen LogP contribution in [0.1, 0.15) is 54.7 Å². The summed E-state index contributed by atoms with van der Waals surface area (Å²) in [6.07, 6.45) is 6.54. The third kappa shape index (κ3) is 5.46. The molecule has 3 heterocycles. The van der Waals surface area contributed by atoms with Gasteiger partial charge < -0.3 is 15.1 Å². The fraction of sp³-hybridized carbons (Fsp3) is 0.419. The van der Waals surface area contributed by atoms with Crippen molar-refractivity contribution in [2.24, 2.45) is 0 Å². The monoisotopic (exact) mass is 523 g/mol. The van der Waals surface area contributed by atoms with E-state index in [1.54, 1.807) is 0 Å². The number of benzene rings is 2. The zero-order chi connectivity index (χ0) is 26.8. The Morgan fingerprint density at radius 2 is 1.62 bits per heavy atom. The lowest BCUT2D eigenvalue weighted by Gasteiger charge is -2.36. The van der Waals surface area contributed by atoms with Gasteiger partial charge >= 0.3 is 6.03 Å². The molecular weight excluding hydrogens is 486 g/mol. The van der Waals surface area contributed by atoms with Gasteiger partial charge in [0, 0.05) is 38.6 Å². The van der Waals surface area contributed by atoms with E-state index in [1.807, 2.05) is 34.7 Å². The number of para-hydroxylation sites is 1. The number of piperazine rings is 1. The molecule has 0 radical (unpaired) electrons. The van der Waals surface area contributed by atoms with Crippen LogP contribution >= 0.6 is 0 Å². The summed E-state index contributed by atoms with van der Waals surface area (Å²) in [4.78, 5) is 27.4. The number of fused-ring (bicyclic) bond motifs is 1. The van der Waals surface area contributed by atoms with Gasteiger partial charge in [0.1, 0.15) is 11.6 Å². The van der Waals surface area contributed by atoms with E-state index in [-0.39, 0.29) is 6.03 Å². The second-order valence-electron chi connectivity index (χ2n) is 10.9. The summed E-state index contributed by atoms with van der Waals surface area (Å²) < 4.78 is 1.93. The fourth-order valence-corrected chi connectivity index (χ4v) is 5.79. The van der Waals surface area contributed by atoms with Crippen LogP contribution < -0.4 is 10.2 Å². The lowest BCUT2D eigenvalue weighted by atomic mass is 9.96. The Morgan fingerprint density at radius 3 is 2.33 bits per heavy atom. The minimum Gasteiger partial charge on any atom is -0.352 e. The molecule has 6 rings (SSSR count). The van der Waals surface area contributed by atoms with Crippen molar-refractivity contribution in [1.29, 1.82) is 0 Å². The zero-order valence-electron chi connectivity index (χ0n) is 22.9. The molecule has 2 aliphatic rings. The highest BCUT2D eigenvalue weighted by Crippen LogP contribution is 2.30. The van der Waals surface area contributed by atoms with Crippen LogP contribution in [0.3, 0.4) is 0 Å². The molecule has 2 aromatic heterocycles. The lowest BCUT2D eigenvalue weighted by Crippen LogP contribution is -2.54. The quantitative estimate of drug-likeness (QED) is 0.390. The van der Waals surface area contributed by atoms with Crippen molar-refractivity contribution < 1.29 is 4.79 Å². The molecule has 2 amide bonds. The summed E-state index contributed by atoms with van der Waals surface area (Å²) in [6, 6.07) is 19.1. The fourth-order valence-electron chi connectivity index (χ4n) is 5.79. The van der Waals surface area contributed by atoms with E-state index in [9.17, 15) is 4.79 Å². The third-order valence-corrected chi connectivity index (χ3v) is 8.01. The van der Waals surface area contributed by atoms with Gasteiger partial charge in [0.05, 0.1) is 16.8 Å². The Morgan fingerprint density at radius 1 is 0.897 bits per heavy atom. The van der Waals surface area contributed by atoms with Crippen LogP contribution in [-0.2, 0) is 6.42 Å². The number of aryl methyl sites for hydroxylation is 2. The topological polar surface area (TPSA) is 79.2 Å². The van der Waals surface area contributed by atoms with Crippen LogP contribution in [0.4, 0.5) is 10.6 Å². The summed E-state index contributed by atoms with van der Waals surface area (Å²) in [5.74, 6) is 1.69. The number of nitrogens with one attached hydrogen (secondary N) is 1. The molecule has 1 N–H and O–H groups in total. The molecule has 202 valence electrons. The number of hydrogen-bond acceptors (Lipinski definition) is 5. The van der Waals surface area contributed by atoms with Crippen molar-refractivity contribution in [3.05, 3.63) is 77.2 Å². The number of carbonyl (C=O) groups excluding carboxylic acids is 1. The Balaban J connectivity index is 1.30. The van der Waals surface area contributed by atoms with Gasteiger partial charge in [-0.25, -0.2) is 19.4 Å². The van der Waals surface area contributed by atoms with E-state index in [0.29, 0.717) is 25.6 Å². The molecule has 0 atom stereocenters. The molecule has 0 spiro atoms. The number of carbonyl (C=O) groups is 1. The molecule has 0 bridgehead atoms. The molecule has 8 heteroatoms. The normalized spacial score (nSPS) is 16.6. The van der Waals surface area contributed by atoms with Gasteiger partial charge in [-0.2, -0.15) is 5.10 Å². The van der Waals surface area contributed by atoms with Gasteiger partial charge in [-0.1, -0.05) is 67.3 Å². The Labute approximate surface area is 230 Å². The highest BCUT2D eigenvalue weighted by Gasteiger charge is 2.27. The lowest BCUT2D eigenvalue weighted by molar-refractivity contribution is 0.186. The number of urea groups is 1. The minimum absolute atomic E-state index is 0.0718. The average molecular weight is 524 g/mol. The van der Waals surface area contributed by atoms with Crippen LogP contribution in [0.15, 0.2) is 54.6 Å². The van der Waals surface area contributed by atoms with Gasteiger partial charge in [-0.15, -0.1) is 0 Å². The van der Waals surface area contributed by atoms with Crippen LogP contribution in [0, 0.1) is 13.8 Å². The zero-order valence-corrected chi connectivity index (χ0v) is 22.9. The second kappa shape index (κ2) is 11.0. The van der Waals surface area contributed by atoms with Crippen molar-refractivity contribution in [2.75, 3.05) is 31.1 Å². The summed E-state index contributed by atoms with van der Waals surface area (Å²) >= 11 is 0. The summed E-state index contributed by atoms with van der Waals surface area (Å²) in [6.45, 7) is 6.92. The molecule has 2 fully saturated rings. The van der Waals surface area contributed by atoms with E-state index in [2.05, 4.69) is 53.5 Å². The van der Waals surface area contributed by atoms with Gasteiger partial charge in [0.15, 0.2) is 5.65 Å². The van der Waals surface area contributed by atoms with E-state index < -0.39 is 0 Å². The molecule has 2 aromatic carbocycles. The van der Waals surface area contributed by atoms with Crippen molar-refractivity contribution in [3.8, 4) is 5.69 Å². The summed E-state index contributed by atoms with van der Waals surface area (Å²) in [5, 5.41) is 9.15. The van der Waals surface area contributed by atoms with E-state index in [1.165, 1.54) is 30.4 Å². The van der Waals surface area contributed by atoms with E-state index >= 15 is 0 Å². The first kappa shape index (κ1) is 25.3. The van der Waals surface area contributed by atoms with Crippen LogP contribution in [-0.4, -0.2) is 62.9 Å². The molecule has 4 aromatic rings. The Bertz CT molecular complexity index is 1430. The average Bonchev–Trinajstić information content (AvgIpc) is 3.31. The number of anilines is 1. The van der Waals surface area contributed by atoms with Gasteiger partial charge in [0.2, 0.25) is 0 Å². The Hall–Kier alpha value is -3.94. The van der Waals surface area contributed by atoms with Gasteiger partial charge in [-0.05, 0) is 44.4 Å². The smallest absolute Gasteiger partial charge is 0.317 e. The molecule has 1 saturated heterocycles. The minimum atomic E-state index is 0.0718. The number of rotatable bonds is 5. The van der Waals surface area contributed by atoms with Gasteiger partial charge in [0.25, 0.3) is 0 Å². The first-order valence-electron chi connectivity index (χ1n) is 14.2. The molecule has 0 unspecified atom stereocenters. The van der Waals surface area contributed by atoms with Crippen LogP contribution in [0.25, 0.3) is 16.7 Å². The maximum atomic E-state index is 13.0. The molecule has 1 saturated carbocycles. The molecule has 8 nitrogen and oxygen atoms in total. The van der Waals surface area contributed by atoms with E-state index in [4.69, 9.17) is 15.1 Å². The summed E-state index contributed by atoms with van der Waals surface area (Å²) in [7, 11) is 0. The van der Waals surface area contributed by atoms with Crippen molar-refractivity contribution in [1.82, 2.24) is 30.0 Å². The van der Waals surface area contributed by atoms with Crippen molar-refractivity contribution in [3.63, 3.8) is 0 Å². The maximum absolute atomic E-state index is 13.0. The largest absolute Gasteiger partial charge is 0.352 e. The number of hydrogen-bond donors (Lipinski definition) is 1. The number of amides is 2. The Kier molecular flexibility index (Phi) is 7.18. The SMILES string of the molecule is Cc1ccc(Cc2nc(N3CCN(C(=O)NC4CCCCC4)CC3)c3c(C)nn(-c4ccccc4)c3n2)cc1. The van der Waals surface area contributed by atoms with Crippen molar-refractivity contribution >= 4 is 22.9 Å². The first-order chi connectivity index (χ1) is 19.0. The van der Waals surface area contributed by atoms with Crippen LogP contribution in [0.5, 0.6) is 0 Å². The highest BCUT2D eigenvalue weighted by molar-refractivity contribution is 5.91. The predicted molar refractivity (Wildman–Crippen MR) is 155 cm³/mol. The predicted octanol–water partition coefficient (Wildman–Crippen LogP) is 5.19. The summed E-state index contributed by atoms with van der Waals surface area (Å²) in [5.41, 5.74) is 5.12. The molecular formula is C31H37N7O. The maximum Gasteiger partial charge on any atom is 0.317 e. The third-order valence-electron chi connectivity index (χ3n) is 8.01. The standard InChI is InChI=1S/C31H37N7O/c1-22-13-15-24(16-14-22)21-27-33-29(28-23(2)35-38(30(28)34-27)26-11-7-4-8-12-26)36-17-19-37(20-18-36)31(39)32-25-9-5-3-6-10-25/h4,7-8,11-16,25H,3,5-6,9-10,17-21H2,1-2H3,(H,32,39).